The number of carbonyl (C=O) groups is 1. The molecule has 1 amide bonds. The number of hydrogen-bond donors (Lipinski definition) is 1. The minimum absolute atomic E-state index is 0.156. The molecule has 0 bridgehead atoms. The zero-order valence-electron chi connectivity index (χ0n) is 16.3. The van der Waals surface area contributed by atoms with Crippen LogP contribution in [0.4, 0.5) is 5.69 Å². The maximum atomic E-state index is 12.9. The Morgan fingerprint density at radius 2 is 1.82 bits per heavy atom. The minimum atomic E-state index is -3.60. The van der Waals surface area contributed by atoms with Gasteiger partial charge in [0.2, 0.25) is 10.0 Å². The van der Waals surface area contributed by atoms with E-state index in [9.17, 15) is 13.2 Å². The third-order valence-corrected chi connectivity index (χ3v) is 6.74. The molecule has 150 valence electrons. The van der Waals surface area contributed by atoms with Gasteiger partial charge in [-0.15, -0.1) is 0 Å². The number of sulfonamides is 1. The number of amides is 1. The van der Waals surface area contributed by atoms with E-state index in [1.54, 1.807) is 31.2 Å². The van der Waals surface area contributed by atoms with Gasteiger partial charge < -0.3 is 10.1 Å². The van der Waals surface area contributed by atoms with Crippen LogP contribution in [-0.2, 0) is 10.0 Å². The van der Waals surface area contributed by atoms with E-state index in [1.165, 1.54) is 10.4 Å². The van der Waals surface area contributed by atoms with Crippen LogP contribution >= 0.6 is 0 Å². The molecule has 6 nitrogen and oxygen atoms in total. The zero-order chi connectivity index (χ0) is 20.1. The predicted octanol–water partition coefficient (Wildman–Crippen LogP) is 3.82. The van der Waals surface area contributed by atoms with E-state index in [0.717, 1.165) is 19.3 Å². The van der Waals surface area contributed by atoms with Gasteiger partial charge in [0.15, 0.2) is 0 Å². The van der Waals surface area contributed by atoms with Crippen molar-refractivity contribution in [2.75, 3.05) is 25.0 Å². The largest absolute Gasteiger partial charge is 0.492 e. The molecule has 3 rings (SSSR count). The van der Waals surface area contributed by atoms with Crippen molar-refractivity contribution in [1.29, 1.82) is 0 Å². The van der Waals surface area contributed by atoms with Crippen LogP contribution in [0.25, 0.3) is 0 Å². The molecular formula is C21H26N2O4S. The van der Waals surface area contributed by atoms with Gasteiger partial charge in [-0.1, -0.05) is 24.6 Å². The number of nitrogens with zero attached hydrogens (tertiary/aromatic N) is 1. The number of anilines is 1. The lowest BCUT2D eigenvalue weighted by atomic mass is 10.1. The van der Waals surface area contributed by atoms with E-state index in [2.05, 4.69) is 5.32 Å². The van der Waals surface area contributed by atoms with Gasteiger partial charge in [0.05, 0.1) is 17.2 Å². The molecule has 1 aliphatic heterocycles. The smallest absolute Gasteiger partial charge is 0.256 e. The number of nitrogens with one attached hydrogen (secondary N) is 1. The summed E-state index contributed by atoms with van der Waals surface area (Å²) in [5, 5.41) is 2.84. The van der Waals surface area contributed by atoms with Crippen molar-refractivity contribution in [2.45, 2.75) is 38.0 Å². The molecule has 1 aliphatic rings. The third-order valence-electron chi connectivity index (χ3n) is 4.84. The Labute approximate surface area is 166 Å². The molecule has 2 aromatic carbocycles. The Balaban J connectivity index is 1.88. The summed E-state index contributed by atoms with van der Waals surface area (Å²) in [6, 6.07) is 11.9. The van der Waals surface area contributed by atoms with Gasteiger partial charge in [-0.25, -0.2) is 8.42 Å². The summed E-state index contributed by atoms with van der Waals surface area (Å²) in [6.45, 7) is 5.20. The van der Waals surface area contributed by atoms with Crippen molar-refractivity contribution in [3.63, 3.8) is 0 Å². The lowest BCUT2D eigenvalue weighted by Crippen LogP contribution is -2.35. The van der Waals surface area contributed by atoms with E-state index >= 15 is 0 Å². The fourth-order valence-corrected chi connectivity index (χ4v) is 4.85. The molecule has 0 aromatic heterocycles. The first-order valence-corrected chi connectivity index (χ1v) is 11.0. The second-order valence-corrected chi connectivity index (χ2v) is 8.76. The van der Waals surface area contributed by atoms with E-state index < -0.39 is 10.0 Å². The van der Waals surface area contributed by atoms with Gasteiger partial charge >= 0.3 is 0 Å². The maximum Gasteiger partial charge on any atom is 0.256 e. The molecule has 2 aromatic rings. The van der Waals surface area contributed by atoms with Crippen LogP contribution in [-0.4, -0.2) is 38.3 Å². The molecule has 1 N–H and O–H groups in total. The number of ether oxygens (including phenoxy) is 1. The van der Waals surface area contributed by atoms with Crippen LogP contribution in [0, 0.1) is 6.92 Å². The summed E-state index contributed by atoms with van der Waals surface area (Å²) < 4.78 is 32.9. The van der Waals surface area contributed by atoms with Gasteiger partial charge in [-0.05, 0) is 56.5 Å². The predicted molar refractivity (Wildman–Crippen MR) is 109 cm³/mol. The highest BCUT2D eigenvalue weighted by Gasteiger charge is 2.27. The van der Waals surface area contributed by atoms with Crippen LogP contribution in [0.15, 0.2) is 47.4 Å². The number of rotatable bonds is 6. The van der Waals surface area contributed by atoms with Crippen LogP contribution in [0.2, 0.25) is 0 Å². The zero-order valence-corrected chi connectivity index (χ0v) is 17.1. The van der Waals surface area contributed by atoms with Crippen LogP contribution < -0.4 is 10.1 Å². The lowest BCUT2D eigenvalue weighted by molar-refractivity contribution is 0.102. The first-order chi connectivity index (χ1) is 13.4. The monoisotopic (exact) mass is 402 g/mol. The summed E-state index contributed by atoms with van der Waals surface area (Å²) in [6.07, 6.45) is 2.78. The molecule has 1 heterocycles. The van der Waals surface area contributed by atoms with Crippen LogP contribution in [0.5, 0.6) is 5.75 Å². The van der Waals surface area contributed by atoms with Gasteiger partial charge in [-0.3, -0.25) is 4.79 Å². The molecule has 0 spiro atoms. The normalized spacial score (nSPS) is 15.2. The quantitative estimate of drug-likeness (QED) is 0.797. The summed E-state index contributed by atoms with van der Waals surface area (Å²) in [7, 11) is -3.60. The molecule has 1 fully saturated rings. The summed E-state index contributed by atoms with van der Waals surface area (Å²) in [5.41, 5.74) is 1.60. The van der Waals surface area contributed by atoms with Crippen LogP contribution in [0.3, 0.4) is 0 Å². The molecule has 7 heteroatoms. The van der Waals surface area contributed by atoms with E-state index in [4.69, 9.17) is 4.74 Å². The number of benzene rings is 2. The van der Waals surface area contributed by atoms with Crippen LogP contribution in [0.1, 0.15) is 42.1 Å². The number of carbonyl (C=O) groups excluding carboxylic acids is 1. The Hall–Kier alpha value is -2.38. The highest BCUT2D eigenvalue weighted by molar-refractivity contribution is 7.89. The topological polar surface area (TPSA) is 75.7 Å². The summed E-state index contributed by atoms with van der Waals surface area (Å²) >= 11 is 0. The van der Waals surface area contributed by atoms with Crippen molar-refractivity contribution in [2.24, 2.45) is 0 Å². The molecule has 0 radical (unpaired) electrons. The molecule has 0 aliphatic carbocycles. The highest BCUT2D eigenvalue weighted by Crippen LogP contribution is 2.26. The SMILES string of the molecule is CCOc1ccccc1NC(=O)c1cc(S(=O)(=O)N2CCCCC2)ccc1C. The number of para-hydroxylation sites is 2. The fourth-order valence-electron chi connectivity index (χ4n) is 3.30. The first kappa shape index (κ1) is 20.4. The molecule has 0 unspecified atom stereocenters. The van der Waals surface area contributed by atoms with Gasteiger partial charge in [0.25, 0.3) is 5.91 Å². The number of aryl methyl sites for hydroxylation is 1. The maximum absolute atomic E-state index is 12.9. The Bertz CT molecular complexity index is 951. The average Bonchev–Trinajstić information content (AvgIpc) is 2.70. The van der Waals surface area contributed by atoms with Crippen molar-refractivity contribution >= 4 is 21.6 Å². The van der Waals surface area contributed by atoms with Crippen molar-refractivity contribution in [1.82, 2.24) is 4.31 Å². The number of hydrogen-bond acceptors (Lipinski definition) is 4. The first-order valence-electron chi connectivity index (χ1n) is 9.57. The molecule has 0 atom stereocenters. The molecule has 28 heavy (non-hydrogen) atoms. The van der Waals surface area contributed by atoms with Crippen molar-refractivity contribution in [3.8, 4) is 5.75 Å². The van der Waals surface area contributed by atoms with Crippen molar-refractivity contribution < 1.29 is 17.9 Å². The second kappa shape index (κ2) is 8.75. The minimum Gasteiger partial charge on any atom is -0.492 e. The highest BCUT2D eigenvalue weighted by atomic mass is 32.2. The number of piperidine rings is 1. The molecule has 1 saturated heterocycles. The Morgan fingerprint density at radius 1 is 1.11 bits per heavy atom. The lowest BCUT2D eigenvalue weighted by Gasteiger charge is -2.26. The van der Waals surface area contributed by atoms with Crippen molar-refractivity contribution in [3.05, 3.63) is 53.6 Å². The fraction of sp³-hybridized carbons (Fsp3) is 0.381. The van der Waals surface area contributed by atoms with Gasteiger partial charge in [-0.2, -0.15) is 4.31 Å². The van der Waals surface area contributed by atoms with E-state index in [0.29, 0.717) is 42.3 Å². The average molecular weight is 403 g/mol. The molecule has 0 saturated carbocycles. The summed E-state index contributed by atoms with van der Waals surface area (Å²) in [5.74, 6) is 0.216. The van der Waals surface area contributed by atoms with Gasteiger partial charge in [0, 0.05) is 18.7 Å². The van der Waals surface area contributed by atoms with E-state index in [-0.39, 0.29) is 10.8 Å². The van der Waals surface area contributed by atoms with E-state index in [1.807, 2.05) is 19.1 Å². The second-order valence-electron chi connectivity index (χ2n) is 6.82. The Morgan fingerprint density at radius 3 is 2.54 bits per heavy atom. The standard InChI is InChI=1S/C21H26N2O4S/c1-3-27-20-10-6-5-9-19(20)22-21(24)18-15-17(12-11-16(18)2)28(25,26)23-13-7-4-8-14-23/h5-6,9-12,15H,3-4,7-8,13-14H2,1-2H3,(H,22,24). The Kier molecular flexibility index (Phi) is 6.36. The summed E-state index contributed by atoms with van der Waals surface area (Å²) in [4.78, 5) is 13.0. The van der Waals surface area contributed by atoms with Gasteiger partial charge in [0.1, 0.15) is 5.75 Å². The third kappa shape index (κ3) is 4.36. The molecular weight excluding hydrogens is 376 g/mol.